The lowest BCUT2D eigenvalue weighted by molar-refractivity contribution is -0.124. The monoisotopic (exact) mass is 319 g/mol. The van der Waals surface area contributed by atoms with Gasteiger partial charge in [-0.2, -0.15) is 0 Å². The largest absolute Gasteiger partial charge is 0.390 e. The standard InChI is InChI=1S/C13H25N3O4S/c1-15(21(2,19)20)7-12(17)8-16-10-3-4-11(16)6-9(5-10)13(14)18/h9-12,17H,3-8H2,1-2H3,(H2,14,18)/t9?,10-,11+,12-/m0/s1. The Kier molecular flexibility index (Phi) is 4.92. The summed E-state index contributed by atoms with van der Waals surface area (Å²) in [7, 11) is -1.81. The Labute approximate surface area is 126 Å². The van der Waals surface area contributed by atoms with Crippen LogP contribution in [0.2, 0.25) is 0 Å². The van der Waals surface area contributed by atoms with Crippen LogP contribution in [0.3, 0.4) is 0 Å². The minimum atomic E-state index is -3.28. The van der Waals surface area contributed by atoms with Crippen molar-refractivity contribution in [2.24, 2.45) is 11.7 Å². The van der Waals surface area contributed by atoms with E-state index in [1.54, 1.807) is 0 Å². The maximum Gasteiger partial charge on any atom is 0.220 e. The normalized spacial score (nSPS) is 31.5. The zero-order valence-corrected chi connectivity index (χ0v) is 13.4. The van der Waals surface area contributed by atoms with Crippen molar-refractivity contribution < 1.29 is 18.3 Å². The van der Waals surface area contributed by atoms with Crippen LogP contribution in [0, 0.1) is 5.92 Å². The minimum Gasteiger partial charge on any atom is -0.390 e. The average Bonchev–Trinajstić information content (AvgIpc) is 2.60. The molecule has 2 aliphatic heterocycles. The number of primary amides is 1. The molecule has 21 heavy (non-hydrogen) atoms. The second kappa shape index (κ2) is 6.20. The third-order valence-electron chi connectivity index (χ3n) is 4.74. The number of carbonyl (C=O) groups is 1. The third-order valence-corrected chi connectivity index (χ3v) is 6.02. The molecular formula is C13H25N3O4S. The number of hydrogen-bond acceptors (Lipinski definition) is 5. The van der Waals surface area contributed by atoms with Crippen molar-refractivity contribution in [1.29, 1.82) is 0 Å². The number of amides is 1. The molecule has 7 nitrogen and oxygen atoms in total. The van der Waals surface area contributed by atoms with E-state index < -0.39 is 16.1 Å². The topological polar surface area (TPSA) is 104 Å². The van der Waals surface area contributed by atoms with Gasteiger partial charge in [-0.15, -0.1) is 0 Å². The Bertz CT molecular complexity index is 482. The molecule has 3 N–H and O–H groups in total. The highest BCUT2D eigenvalue weighted by atomic mass is 32.2. The van der Waals surface area contributed by atoms with E-state index in [0.717, 1.165) is 36.2 Å². The van der Waals surface area contributed by atoms with Crippen LogP contribution in [-0.2, 0) is 14.8 Å². The van der Waals surface area contributed by atoms with Gasteiger partial charge >= 0.3 is 0 Å². The van der Waals surface area contributed by atoms with E-state index in [-0.39, 0.29) is 30.5 Å². The van der Waals surface area contributed by atoms with E-state index in [1.165, 1.54) is 7.05 Å². The van der Waals surface area contributed by atoms with Crippen molar-refractivity contribution in [2.75, 3.05) is 26.4 Å². The summed E-state index contributed by atoms with van der Waals surface area (Å²) in [5.74, 6) is -0.293. The fraction of sp³-hybridized carbons (Fsp3) is 0.923. The third kappa shape index (κ3) is 3.94. The zero-order chi connectivity index (χ0) is 15.8. The number of carbonyl (C=O) groups excluding carboxylic acids is 1. The molecular weight excluding hydrogens is 294 g/mol. The minimum absolute atomic E-state index is 0.0606. The first-order chi connectivity index (χ1) is 9.68. The Hall–Kier alpha value is -0.700. The molecule has 0 aromatic rings. The van der Waals surface area contributed by atoms with Gasteiger partial charge < -0.3 is 10.8 Å². The molecule has 1 unspecified atom stereocenters. The van der Waals surface area contributed by atoms with Gasteiger partial charge in [-0.3, -0.25) is 9.69 Å². The van der Waals surface area contributed by atoms with E-state index in [9.17, 15) is 18.3 Å². The molecule has 0 aliphatic carbocycles. The zero-order valence-electron chi connectivity index (χ0n) is 12.6. The van der Waals surface area contributed by atoms with E-state index in [1.807, 2.05) is 0 Å². The van der Waals surface area contributed by atoms with Gasteiger partial charge in [0.05, 0.1) is 12.4 Å². The Morgan fingerprint density at radius 3 is 2.33 bits per heavy atom. The molecule has 122 valence electrons. The number of nitrogens with zero attached hydrogens (tertiary/aromatic N) is 2. The Balaban J connectivity index is 1.91. The molecule has 0 radical (unpaired) electrons. The van der Waals surface area contributed by atoms with E-state index in [4.69, 9.17) is 5.73 Å². The Morgan fingerprint density at radius 2 is 1.90 bits per heavy atom. The van der Waals surface area contributed by atoms with Crippen molar-refractivity contribution in [1.82, 2.24) is 9.21 Å². The molecule has 2 aliphatic rings. The van der Waals surface area contributed by atoms with Gasteiger partial charge in [0.15, 0.2) is 0 Å². The van der Waals surface area contributed by atoms with Crippen LogP contribution in [0.1, 0.15) is 25.7 Å². The van der Waals surface area contributed by atoms with Crippen molar-refractivity contribution in [3.8, 4) is 0 Å². The molecule has 2 bridgehead atoms. The maximum absolute atomic E-state index is 11.4. The summed E-state index contributed by atoms with van der Waals surface area (Å²) in [4.78, 5) is 13.6. The summed E-state index contributed by atoms with van der Waals surface area (Å²) in [6.45, 7) is 0.536. The fourth-order valence-corrected chi connectivity index (χ4v) is 3.98. The quantitative estimate of drug-likeness (QED) is 0.651. The van der Waals surface area contributed by atoms with Crippen molar-refractivity contribution in [3.63, 3.8) is 0 Å². The van der Waals surface area contributed by atoms with Crippen molar-refractivity contribution >= 4 is 15.9 Å². The van der Waals surface area contributed by atoms with E-state index in [2.05, 4.69) is 4.90 Å². The molecule has 4 atom stereocenters. The van der Waals surface area contributed by atoms with Crippen molar-refractivity contribution in [2.45, 2.75) is 43.9 Å². The molecule has 2 saturated heterocycles. The number of sulfonamides is 1. The van der Waals surface area contributed by atoms with Crippen LogP contribution >= 0.6 is 0 Å². The fourth-order valence-electron chi connectivity index (χ4n) is 3.54. The van der Waals surface area contributed by atoms with Crippen LogP contribution in [0.25, 0.3) is 0 Å². The van der Waals surface area contributed by atoms with Gasteiger partial charge in [-0.25, -0.2) is 12.7 Å². The van der Waals surface area contributed by atoms with Gasteiger partial charge in [0.2, 0.25) is 15.9 Å². The predicted molar refractivity (Wildman–Crippen MR) is 78.9 cm³/mol. The van der Waals surface area contributed by atoms with Crippen LogP contribution < -0.4 is 5.73 Å². The lowest BCUT2D eigenvalue weighted by Crippen LogP contribution is -2.50. The molecule has 0 spiro atoms. The maximum atomic E-state index is 11.4. The number of likely N-dealkylation sites (N-methyl/N-ethyl adjacent to an activating group) is 1. The number of aliphatic hydroxyl groups is 1. The number of nitrogens with two attached hydrogens (primary N) is 1. The highest BCUT2D eigenvalue weighted by Crippen LogP contribution is 2.38. The highest BCUT2D eigenvalue weighted by Gasteiger charge is 2.42. The second-order valence-electron chi connectivity index (χ2n) is 6.35. The molecule has 2 heterocycles. The van der Waals surface area contributed by atoms with Crippen LogP contribution in [0.5, 0.6) is 0 Å². The number of fused-ring (bicyclic) bond motifs is 2. The summed E-state index contributed by atoms with van der Waals surface area (Å²) < 4.78 is 23.9. The molecule has 0 aromatic heterocycles. The second-order valence-corrected chi connectivity index (χ2v) is 8.44. The SMILES string of the molecule is CN(C[C@H](O)CN1[C@@H]2CC[C@H]1CC(C(N)=O)C2)S(C)(=O)=O. The number of rotatable bonds is 6. The van der Waals surface area contributed by atoms with Gasteiger partial charge in [-0.1, -0.05) is 0 Å². The predicted octanol–water partition coefficient (Wildman–Crippen LogP) is -1.03. The van der Waals surface area contributed by atoms with E-state index >= 15 is 0 Å². The first kappa shape index (κ1) is 16.7. The summed E-state index contributed by atoms with van der Waals surface area (Å²) in [5.41, 5.74) is 5.40. The lowest BCUT2D eigenvalue weighted by atomic mass is 9.90. The number of piperidine rings is 1. The van der Waals surface area contributed by atoms with Gasteiger partial charge in [0.25, 0.3) is 0 Å². The van der Waals surface area contributed by atoms with Crippen LogP contribution in [-0.4, -0.2) is 73.2 Å². The molecule has 0 aromatic carbocycles. The summed E-state index contributed by atoms with van der Waals surface area (Å²) in [6, 6.07) is 0.555. The average molecular weight is 319 g/mol. The molecule has 1 amide bonds. The molecule has 8 heteroatoms. The van der Waals surface area contributed by atoms with Crippen LogP contribution in [0.15, 0.2) is 0 Å². The number of aliphatic hydroxyl groups excluding tert-OH is 1. The molecule has 0 saturated carbocycles. The summed E-state index contributed by atoms with van der Waals surface area (Å²) in [6.07, 6.45) is 3.94. The smallest absolute Gasteiger partial charge is 0.220 e. The first-order valence-corrected chi connectivity index (χ1v) is 9.17. The number of hydrogen-bond donors (Lipinski definition) is 2. The lowest BCUT2D eigenvalue weighted by Gasteiger charge is -2.39. The Morgan fingerprint density at radius 1 is 1.38 bits per heavy atom. The molecule has 2 fully saturated rings. The van der Waals surface area contributed by atoms with Gasteiger partial charge in [0, 0.05) is 38.1 Å². The summed E-state index contributed by atoms with van der Waals surface area (Å²) >= 11 is 0. The summed E-state index contributed by atoms with van der Waals surface area (Å²) in [5, 5.41) is 10.1. The molecule has 2 rings (SSSR count). The van der Waals surface area contributed by atoms with E-state index in [0.29, 0.717) is 6.54 Å². The highest BCUT2D eigenvalue weighted by molar-refractivity contribution is 7.88. The first-order valence-electron chi connectivity index (χ1n) is 7.33. The van der Waals surface area contributed by atoms with Crippen molar-refractivity contribution in [3.05, 3.63) is 0 Å². The van der Waals surface area contributed by atoms with Crippen LogP contribution in [0.4, 0.5) is 0 Å². The van der Waals surface area contributed by atoms with Gasteiger partial charge in [0.1, 0.15) is 0 Å². The van der Waals surface area contributed by atoms with Gasteiger partial charge in [-0.05, 0) is 25.7 Å².